The highest BCUT2D eigenvalue weighted by Crippen LogP contribution is 2.19. The molecule has 0 aliphatic carbocycles. The molecule has 0 saturated heterocycles. The van der Waals surface area contributed by atoms with Gasteiger partial charge >= 0.3 is 0 Å². The van der Waals surface area contributed by atoms with Gasteiger partial charge in [0, 0.05) is 41.3 Å². The summed E-state index contributed by atoms with van der Waals surface area (Å²) < 4.78 is 5.52. The van der Waals surface area contributed by atoms with Gasteiger partial charge in [0.25, 0.3) is 5.91 Å². The van der Waals surface area contributed by atoms with Crippen LogP contribution in [0.25, 0.3) is 11.4 Å². The topological polar surface area (TPSA) is 89.9 Å². The number of hydrogen-bond donors (Lipinski definition) is 1. The van der Waals surface area contributed by atoms with Crippen LogP contribution in [0.5, 0.6) is 5.88 Å². The van der Waals surface area contributed by atoms with Gasteiger partial charge in [-0.25, -0.2) is 9.97 Å². The van der Waals surface area contributed by atoms with E-state index in [0.29, 0.717) is 16.8 Å². The van der Waals surface area contributed by atoms with Crippen LogP contribution in [0.4, 0.5) is 5.13 Å². The summed E-state index contributed by atoms with van der Waals surface area (Å²) in [5, 5.41) is 4.99. The van der Waals surface area contributed by atoms with Gasteiger partial charge in [0.05, 0.1) is 0 Å². The third kappa shape index (κ3) is 4.11. The molecule has 3 aromatic heterocycles. The molecule has 0 saturated carbocycles. The molecule has 24 heavy (non-hydrogen) atoms. The van der Waals surface area contributed by atoms with Crippen molar-refractivity contribution in [3.05, 3.63) is 47.9 Å². The van der Waals surface area contributed by atoms with E-state index in [4.69, 9.17) is 4.74 Å². The van der Waals surface area contributed by atoms with E-state index in [0.717, 1.165) is 17.7 Å². The number of aryl methyl sites for hydroxylation is 1. The second kappa shape index (κ2) is 7.60. The quantitative estimate of drug-likeness (QED) is 0.741. The molecule has 0 aliphatic heterocycles. The van der Waals surface area contributed by atoms with Crippen molar-refractivity contribution in [2.45, 2.75) is 13.3 Å². The lowest BCUT2D eigenvalue weighted by Gasteiger charge is -2.08. The fraction of sp³-hybridized carbons (Fsp3) is 0.188. The third-order valence-electron chi connectivity index (χ3n) is 3.09. The van der Waals surface area contributed by atoms with Crippen molar-refractivity contribution < 1.29 is 9.53 Å². The summed E-state index contributed by atoms with van der Waals surface area (Å²) in [6.07, 6.45) is 5.72. The Labute approximate surface area is 142 Å². The van der Waals surface area contributed by atoms with Gasteiger partial charge in [-0.2, -0.15) is 4.98 Å². The molecule has 3 aromatic rings. The highest BCUT2D eigenvalue weighted by atomic mass is 32.1. The van der Waals surface area contributed by atoms with E-state index in [1.807, 2.05) is 19.1 Å². The van der Waals surface area contributed by atoms with Crippen molar-refractivity contribution in [3.63, 3.8) is 0 Å². The number of aromatic nitrogens is 4. The molecule has 7 nitrogen and oxygen atoms in total. The van der Waals surface area contributed by atoms with Gasteiger partial charge in [-0.15, -0.1) is 11.3 Å². The normalized spacial score (nSPS) is 10.4. The third-order valence-corrected chi connectivity index (χ3v) is 3.77. The number of anilines is 1. The van der Waals surface area contributed by atoms with E-state index in [2.05, 4.69) is 25.3 Å². The van der Waals surface area contributed by atoms with Gasteiger partial charge in [-0.1, -0.05) is 6.92 Å². The molecule has 0 atom stereocenters. The fourth-order valence-electron chi connectivity index (χ4n) is 1.94. The minimum atomic E-state index is -0.285. The number of ether oxygens (including phenoxy) is 1. The molecule has 0 bridgehead atoms. The average molecular weight is 341 g/mol. The van der Waals surface area contributed by atoms with E-state index in [-0.39, 0.29) is 12.5 Å². The molecule has 0 aliphatic rings. The van der Waals surface area contributed by atoms with E-state index in [1.54, 1.807) is 30.0 Å². The first kappa shape index (κ1) is 16.0. The van der Waals surface area contributed by atoms with E-state index in [1.165, 1.54) is 11.3 Å². The van der Waals surface area contributed by atoms with Crippen LogP contribution in [-0.4, -0.2) is 32.4 Å². The number of nitrogens with one attached hydrogen (secondary N) is 1. The number of carbonyl (C=O) groups is 1. The molecule has 0 spiro atoms. The maximum atomic E-state index is 11.9. The van der Waals surface area contributed by atoms with Crippen molar-refractivity contribution >= 4 is 22.4 Å². The summed E-state index contributed by atoms with van der Waals surface area (Å²) in [5.74, 6) is 0.627. The summed E-state index contributed by atoms with van der Waals surface area (Å²) in [5.41, 5.74) is 1.68. The molecule has 0 aromatic carbocycles. The average Bonchev–Trinajstić information content (AvgIpc) is 3.13. The fourth-order valence-corrected chi connectivity index (χ4v) is 2.48. The first-order valence-corrected chi connectivity index (χ1v) is 8.23. The lowest BCUT2D eigenvalue weighted by Crippen LogP contribution is -2.20. The maximum Gasteiger partial charge on any atom is 0.264 e. The number of thiazole rings is 1. The predicted molar refractivity (Wildman–Crippen MR) is 90.9 cm³/mol. The van der Waals surface area contributed by atoms with E-state index < -0.39 is 0 Å². The Morgan fingerprint density at radius 1 is 1.25 bits per heavy atom. The van der Waals surface area contributed by atoms with Crippen molar-refractivity contribution in [1.82, 2.24) is 19.9 Å². The Balaban J connectivity index is 1.72. The highest BCUT2D eigenvalue weighted by Gasteiger charge is 2.10. The number of pyridine rings is 1. The molecule has 3 rings (SSSR count). The molecule has 1 N–H and O–H groups in total. The second-order valence-corrected chi connectivity index (χ2v) is 5.68. The van der Waals surface area contributed by atoms with Gasteiger partial charge in [0.15, 0.2) is 17.6 Å². The van der Waals surface area contributed by atoms with Gasteiger partial charge < -0.3 is 4.74 Å². The van der Waals surface area contributed by atoms with Crippen LogP contribution in [0.1, 0.15) is 12.6 Å². The molecule has 0 unspecified atom stereocenters. The smallest absolute Gasteiger partial charge is 0.264 e. The predicted octanol–water partition coefficient (Wildman–Crippen LogP) is 2.58. The van der Waals surface area contributed by atoms with Crippen molar-refractivity contribution in [2.24, 2.45) is 0 Å². The standard InChI is InChI=1S/C16H15N5O2S/c1-2-12-9-14(21-15(19-12)11-3-5-17-6-4-11)23-10-13(22)20-16-18-7-8-24-16/h3-9H,2,10H2,1H3,(H,18,20,22). The lowest BCUT2D eigenvalue weighted by atomic mass is 10.2. The molecule has 122 valence electrons. The SMILES string of the molecule is CCc1cc(OCC(=O)Nc2nccs2)nc(-c2ccncc2)n1. The first-order valence-electron chi connectivity index (χ1n) is 7.35. The summed E-state index contributed by atoms with van der Waals surface area (Å²) in [6, 6.07) is 5.39. The Kier molecular flexibility index (Phi) is 5.07. The molecular formula is C16H15N5O2S. The largest absolute Gasteiger partial charge is 0.467 e. The molecular weight excluding hydrogens is 326 g/mol. The van der Waals surface area contributed by atoms with Crippen molar-refractivity contribution in [2.75, 3.05) is 11.9 Å². The summed E-state index contributed by atoms with van der Waals surface area (Å²) in [7, 11) is 0. The zero-order chi connectivity index (χ0) is 16.8. The summed E-state index contributed by atoms with van der Waals surface area (Å²) >= 11 is 1.35. The Morgan fingerprint density at radius 2 is 2.08 bits per heavy atom. The van der Waals surface area contributed by atoms with Gasteiger partial charge in [-0.3, -0.25) is 15.1 Å². The Morgan fingerprint density at radius 3 is 2.79 bits per heavy atom. The monoisotopic (exact) mass is 341 g/mol. The van der Waals surface area contributed by atoms with Gasteiger partial charge in [0.1, 0.15) is 0 Å². The molecule has 8 heteroatoms. The van der Waals surface area contributed by atoms with Gasteiger partial charge in [0.2, 0.25) is 5.88 Å². The van der Waals surface area contributed by atoms with Crippen LogP contribution < -0.4 is 10.1 Å². The van der Waals surface area contributed by atoms with Crippen LogP contribution in [0.2, 0.25) is 0 Å². The molecule has 0 radical (unpaired) electrons. The minimum absolute atomic E-state index is 0.143. The lowest BCUT2D eigenvalue weighted by molar-refractivity contribution is -0.118. The summed E-state index contributed by atoms with van der Waals surface area (Å²) in [4.78, 5) is 28.7. The number of carbonyl (C=O) groups excluding carboxylic acids is 1. The zero-order valence-corrected chi connectivity index (χ0v) is 13.8. The van der Waals surface area contributed by atoms with Crippen LogP contribution in [0.15, 0.2) is 42.2 Å². The van der Waals surface area contributed by atoms with Gasteiger partial charge in [-0.05, 0) is 18.6 Å². The van der Waals surface area contributed by atoms with E-state index >= 15 is 0 Å². The molecule has 1 amide bonds. The Hall–Kier alpha value is -2.87. The maximum absolute atomic E-state index is 11.9. The van der Waals surface area contributed by atoms with Crippen LogP contribution in [0, 0.1) is 0 Å². The van der Waals surface area contributed by atoms with Crippen molar-refractivity contribution in [1.29, 1.82) is 0 Å². The Bertz CT molecular complexity index is 809. The molecule has 0 fully saturated rings. The van der Waals surface area contributed by atoms with Crippen LogP contribution >= 0.6 is 11.3 Å². The van der Waals surface area contributed by atoms with Crippen molar-refractivity contribution in [3.8, 4) is 17.3 Å². The minimum Gasteiger partial charge on any atom is -0.467 e. The first-order chi connectivity index (χ1) is 11.7. The van der Waals surface area contributed by atoms with Crippen LogP contribution in [0.3, 0.4) is 0 Å². The van der Waals surface area contributed by atoms with Crippen LogP contribution in [-0.2, 0) is 11.2 Å². The number of amides is 1. The molecule has 3 heterocycles. The number of rotatable bonds is 6. The number of nitrogens with zero attached hydrogens (tertiary/aromatic N) is 4. The second-order valence-electron chi connectivity index (χ2n) is 4.78. The zero-order valence-electron chi connectivity index (χ0n) is 13.0. The summed E-state index contributed by atoms with van der Waals surface area (Å²) in [6.45, 7) is 1.85. The number of hydrogen-bond acceptors (Lipinski definition) is 7. The highest BCUT2D eigenvalue weighted by molar-refractivity contribution is 7.13. The van der Waals surface area contributed by atoms with E-state index in [9.17, 15) is 4.79 Å².